The molecular weight excluding hydrogens is 278 g/mol. The largest absolute Gasteiger partial charge is 0.373 e. The molecule has 2 heterocycles. The van der Waals surface area contributed by atoms with Crippen LogP contribution >= 0.6 is 0 Å². The zero-order valence-electron chi connectivity index (χ0n) is 12.0. The van der Waals surface area contributed by atoms with Gasteiger partial charge in [-0.25, -0.2) is 8.42 Å². The van der Waals surface area contributed by atoms with Crippen LogP contribution in [0.2, 0.25) is 0 Å². The molecular formula is C13H23N3O3S. The maximum absolute atomic E-state index is 12.3. The quantitative estimate of drug-likeness (QED) is 0.752. The van der Waals surface area contributed by atoms with Crippen LogP contribution in [0.25, 0.3) is 0 Å². The third kappa shape index (κ3) is 4.31. The average molecular weight is 301 g/mol. The molecule has 2 atom stereocenters. The summed E-state index contributed by atoms with van der Waals surface area (Å²) >= 11 is 0. The Kier molecular flexibility index (Phi) is 5.20. The van der Waals surface area contributed by atoms with Gasteiger partial charge < -0.3 is 15.0 Å². The molecule has 7 heteroatoms. The minimum absolute atomic E-state index is 0.0404. The van der Waals surface area contributed by atoms with Crippen molar-refractivity contribution in [3.63, 3.8) is 0 Å². The third-order valence-corrected chi connectivity index (χ3v) is 5.11. The van der Waals surface area contributed by atoms with Gasteiger partial charge in [0.05, 0.1) is 18.0 Å². The van der Waals surface area contributed by atoms with Crippen LogP contribution in [-0.2, 0) is 21.3 Å². The van der Waals surface area contributed by atoms with Crippen molar-refractivity contribution in [2.75, 3.05) is 25.4 Å². The van der Waals surface area contributed by atoms with Crippen molar-refractivity contribution < 1.29 is 13.2 Å². The first-order valence-corrected chi connectivity index (χ1v) is 8.54. The first kappa shape index (κ1) is 15.5. The van der Waals surface area contributed by atoms with Gasteiger partial charge in [-0.2, -0.15) is 4.31 Å². The molecule has 1 aliphatic rings. The number of nitrogens with one attached hydrogen (secondary N) is 2. The van der Waals surface area contributed by atoms with Crippen molar-refractivity contribution in [3.05, 3.63) is 24.0 Å². The number of aromatic amines is 1. The third-order valence-electron chi connectivity index (χ3n) is 3.31. The zero-order valence-corrected chi connectivity index (χ0v) is 12.8. The van der Waals surface area contributed by atoms with Gasteiger partial charge in [-0.1, -0.05) is 0 Å². The molecule has 2 rings (SSSR count). The minimum Gasteiger partial charge on any atom is -0.373 e. The highest BCUT2D eigenvalue weighted by molar-refractivity contribution is 7.89. The summed E-state index contributed by atoms with van der Waals surface area (Å²) in [6.07, 6.45) is 3.67. The summed E-state index contributed by atoms with van der Waals surface area (Å²) in [6.45, 7) is 5.84. The number of rotatable bonds is 6. The molecule has 6 nitrogen and oxygen atoms in total. The van der Waals surface area contributed by atoms with Crippen molar-refractivity contribution in [2.45, 2.75) is 32.6 Å². The first-order valence-electron chi connectivity index (χ1n) is 6.93. The summed E-state index contributed by atoms with van der Waals surface area (Å²) in [7, 11) is -3.21. The number of aromatic nitrogens is 1. The van der Waals surface area contributed by atoms with Crippen LogP contribution in [0.3, 0.4) is 0 Å². The number of nitrogens with zero attached hydrogens (tertiary/aromatic N) is 1. The Balaban J connectivity index is 1.78. The molecule has 1 aromatic heterocycles. The van der Waals surface area contributed by atoms with Gasteiger partial charge in [-0.05, 0) is 25.5 Å². The topological polar surface area (TPSA) is 74.4 Å². The lowest BCUT2D eigenvalue weighted by Gasteiger charge is -2.34. The van der Waals surface area contributed by atoms with Gasteiger partial charge in [0, 0.05) is 38.6 Å². The summed E-state index contributed by atoms with van der Waals surface area (Å²) in [6, 6.07) is 1.97. The first-order chi connectivity index (χ1) is 9.47. The Hall–Kier alpha value is -0.890. The van der Waals surface area contributed by atoms with E-state index >= 15 is 0 Å². The number of hydrogen-bond donors (Lipinski definition) is 2. The predicted molar refractivity (Wildman–Crippen MR) is 77.9 cm³/mol. The Morgan fingerprint density at radius 2 is 2.10 bits per heavy atom. The molecule has 20 heavy (non-hydrogen) atoms. The van der Waals surface area contributed by atoms with Crippen LogP contribution in [0.4, 0.5) is 0 Å². The van der Waals surface area contributed by atoms with Gasteiger partial charge in [0.2, 0.25) is 10.0 Å². The van der Waals surface area contributed by atoms with Gasteiger partial charge >= 0.3 is 0 Å². The summed E-state index contributed by atoms with van der Waals surface area (Å²) < 4.78 is 31.6. The fourth-order valence-electron chi connectivity index (χ4n) is 2.39. The fourth-order valence-corrected chi connectivity index (χ4v) is 3.92. The van der Waals surface area contributed by atoms with Crippen molar-refractivity contribution in [1.29, 1.82) is 0 Å². The van der Waals surface area contributed by atoms with Crippen molar-refractivity contribution in [2.24, 2.45) is 0 Å². The molecule has 0 saturated carbocycles. The standard InChI is InChI=1S/C13H23N3O3S/c1-11-9-16(10-12(2)19-11)20(17,18)6-5-15-8-13-3-4-14-7-13/h3-4,7,11-12,14-15H,5-6,8-10H2,1-2H3/t11-,12-/m0/s1. The van der Waals surface area contributed by atoms with E-state index in [-0.39, 0.29) is 18.0 Å². The van der Waals surface area contributed by atoms with E-state index in [2.05, 4.69) is 10.3 Å². The smallest absolute Gasteiger partial charge is 0.215 e. The molecule has 1 aromatic rings. The Labute approximate surface area is 120 Å². The maximum Gasteiger partial charge on any atom is 0.215 e. The lowest BCUT2D eigenvalue weighted by Crippen LogP contribution is -2.49. The molecule has 0 spiro atoms. The normalized spacial score (nSPS) is 24.9. The molecule has 0 aliphatic carbocycles. The average Bonchev–Trinajstić information content (AvgIpc) is 2.86. The number of hydrogen-bond acceptors (Lipinski definition) is 4. The SMILES string of the molecule is C[C@H]1CN(S(=O)(=O)CCNCc2cc[nH]c2)C[C@H](C)O1. The van der Waals surface area contributed by atoms with Gasteiger partial charge in [0.25, 0.3) is 0 Å². The molecule has 0 radical (unpaired) electrons. The lowest BCUT2D eigenvalue weighted by molar-refractivity contribution is -0.0440. The van der Waals surface area contributed by atoms with Crippen molar-refractivity contribution in [1.82, 2.24) is 14.6 Å². The molecule has 114 valence electrons. The van der Waals surface area contributed by atoms with Gasteiger partial charge in [-0.3, -0.25) is 0 Å². The van der Waals surface area contributed by atoms with Gasteiger partial charge in [0.1, 0.15) is 0 Å². The fraction of sp³-hybridized carbons (Fsp3) is 0.692. The molecule has 1 fully saturated rings. The second-order valence-electron chi connectivity index (χ2n) is 5.29. The van der Waals surface area contributed by atoms with Crippen LogP contribution < -0.4 is 5.32 Å². The lowest BCUT2D eigenvalue weighted by atomic mass is 10.3. The molecule has 1 aliphatic heterocycles. The number of H-pyrrole nitrogens is 1. The predicted octanol–water partition coefficient (Wildman–Crippen LogP) is 0.543. The maximum atomic E-state index is 12.3. The second kappa shape index (κ2) is 6.71. The van der Waals surface area contributed by atoms with E-state index in [0.29, 0.717) is 26.2 Å². The monoisotopic (exact) mass is 301 g/mol. The number of ether oxygens (including phenoxy) is 1. The summed E-state index contributed by atoms with van der Waals surface area (Å²) in [5, 5.41) is 3.15. The second-order valence-corrected chi connectivity index (χ2v) is 7.37. The molecule has 1 saturated heterocycles. The van der Waals surface area contributed by atoms with E-state index < -0.39 is 10.0 Å². The molecule has 0 aromatic carbocycles. The minimum atomic E-state index is -3.21. The van der Waals surface area contributed by atoms with Gasteiger partial charge in [0.15, 0.2) is 0 Å². The Morgan fingerprint density at radius 3 is 2.70 bits per heavy atom. The highest BCUT2D eigenvalue weighted by Crippen LogP contribution is 2.14. The molecule has 0 unspecified atom stereocenters. The van der Waals surface area contributed by atoms with E-state index in [4.69, 9.17) is 4.74 Å². The summed E-state index contributed by atoms with van der Waals surface area (Å²) in [5.41, 5.74) is 1.12. The van der Waals surface area contributed by atoms with E-state index in [0.717, 1.165) is 5.56 Å². The van der Waals surface area contributed by atoms with E-state index in [1.54, 1.807) is 4.31 Å². The molecule has 2 N–H and O–H groups in total. The van der Waals surface area contributed by atoms with Crippen molar-refractivity contribution in [3.8, 4) is 0 Å². The highest BCUT2D eigenvalue weighted by atomic mass is 32.2. The van der Waals surface area contributed by atoms with E-state index in [9.17, 15) is 8.42 Å². The summed E-state index contributed by atoms with van der Waals surface area (Å²) in [5.74, 6) is 0.122. The zero-order chi connectivity index (χ0) is 14.6. The van der Waals surface area contributed by atoms with Crippen LogP contribution in [0.5, 0.6) is 0 Å². The van der Waals surface area contributed by atoms with Crippen LogP contribution in [-0.4, -0.2) is 55.3 Å². The highest BCUT2D eigenvalue weighted by Gasteiger charge is 2.30. The number of sulfonamides is 1. The van der Waals surface area contributed by atoms with E-state index in [1.807, 2.05) is 32.3 Å². The van der Waals surface area contributed by atoms with Crippen molar-refractivity contribution >= 4 is 10.0 Å². The number of morpholine rings is 1. The van der Waals surface area contributed by atoms with Crippen LogP contribution in [0, 0.1) is 0 Å². The Bertz CT molecular complexity index is 491. The Morgan fingerprint density at radius 1 is 1.40 bits per heavy atom. The summed E-state index contributed by atoms with van der Waals surface area (Å²) in [4.78, 5) is 2.97. The molecule has 0 amide bonds. The van der Waals surface area contributed by atoms with Gasteiger partial charge in [-0.15, -0.1) is 0 Å². The molecule has 0 bridgehead atoms. The van der Waals surface area contributed by atoms with Crippen LogP contribution in [0.1, 0.15) is 19.4 Å². The van der Waals surface area contributed by atoms with E-state index in [1.165, 1.54) is 0 Å². The van der Waals surface area contributed by atoms with Crippen LogP contribution in [0.15, 0.2) is 18.5 Å².